The van der Waals surface area contributed by atoms with Crippen LogP contribution in [-0.4, -0.2) is 25.6 Å². The molecule has 1 N–H and O–H groups in total. The molecule has 0 spiro atoms. The van der Waals surface area contributed by atoms with E-state index in [0.29, 0.717) is 0 Å². The number of para-hydroxylation sites is 1. The minimum Gasteiger partial charge on any atom is -0.360 e. The van der Waals surface area contributed by atoms with Crippen LogP contribution in [-0.2, 0) is 7.05 Å². The van der Waals surface area contributed by atoms with Crippen molar-refractivity contribution in [3.05, 3.63) is 48.4 Å². The Morgan fingerprint density at radius 1 is 1.40 bits per heavy atom. The lowest BCUT2D eigenvalue weighted by Crippen LogP contribution is -2.14. The van der Waals surface area contributed by atoms with Crippen molar-refractivity contribution >= 4 is 28.4 Å². The molecule has 0 saturated carbocycles. The second kappa shape index (κ2) is 5.17. The van der Waals surface area contributed by atoms with Gasteiger partial charge in [0.05, 0.1) is 5.25 Å². The Balaban J connectivity index is 1.87. The van der Waals surface area contributed by atoms with E-state index >= 15 is 0 Å². The number of carbonyl (C=O) groups excluding carboxylic acids is 1. The van der Waals surface area contributed by atoms with Crippen LogP contribution >= 0.6 is 11.8 Å². The minimum absolute atomic E-state index is 0.121. The molecule has 1 aromatic carbocycles. The van der Waals surface area contributed by atoms with Gasteiger partial charge in [-0.15, -0.1) is 0 Å². The number of fused-ring (bicyclic) bond motifs is 1. The van der Waals surface area contributed by atoms with Gasteiger partial charge in [-0.1, -0.05) is 30.0 Å². The number of ketones is 1. The first-order valence-electron chi connectivity index (χ1n) is 6.41. The van der Waals surface area contributed by atoms with Gasteiger partial charge in [0.2, 0.25) is 0 Å². The highest BCUT2D eigenvalue weighted by Gasteiger charge is 2.20. The highest BCUT2D eigenvalue weighted by atomic mass is 32.2. The summed E-state index contributed by atoms with van der Waals surface area (Å²) in [6.45, 7) is 1.92. The van der Waals surface area contributed by atoms with E-state index in [9.17, 15) is 4.79 Å². The van der Waals surface area contributed by atoms with Crippen LogP contribution in [0.5, 0.6) is 0 Å². The number of hydrogen-bond donors (Lipinski definition) is 1. The molecule has 0 saturated heterocycles. The zero-order valence-corrected chi connectivity index (χ0v) is 12.1. The van der Waals surface area contributed by atoms with E-state index in [1.807, 2.05) is 49.0 Å². The van der Waals surface area contributed by atoms with Crippen LogP contribution in [0, 0.1) is 0 Å². The number of hydrogen-bond acceptors (Lipinski definition) is 3. The van der Waals surface area contributed by atoms with Crippen molar-refractivity contribution in [3.8, 4) is 0 Å². The molecular weight excluding hydrogens is 270 g/mol. The molecule has 102 valence electrons. The molecule has 0 aliphatic rings. The van der Waals surface area contributed by atoms with Crippen molar-refractivity contribution in [3.63, 3.8) is 0 Å². The maximum atomic E-state index is 12.6. The van der Waals surface area contributed by atoms with Crippen LogP contribution in [0.4, 0.5) is 0 Å². The van der Waals surface area contributed by atoms with Gasteiger partial charge in [0, 0.05) is 42.1 Å². The van der Waals surface area contributed by atoms with Crippen molar-refractivity contribution < 1.29 is 4.79 Å². The number of aromatic amines is 1. The summed E-state index contributed by atoms with van der Waals surface area (Å²) in [6, 6.07) is 7.85. The fourth-order valence-electron chi connectivity index (χ4n) is 2.17. The third-order valence-electron chi connectivity index (χ3n) is 3.28. The number of benzene rings is 1. The van der Waals surface area contributed by atoms with Crippen molar-refractivity contribution in [2.24, 2.45) is 7.05 Å². The lowest BCUT2D eigenvalue weighted by molar-refractivity contribution is 0.0995. The van der Waals surface area contributed by atoms with Gasteiger partial charge in [0.15, 0.2) is 10.9 Å². The number of aryl methyl sites for hydroxylation is 1. The summed E-state index contributed by atoms with van der Waals surface area (Å²) in [7, 11) is 1.93. The van der Waals surface area contributed by atoms with Crippen molar-refractivity contribution in [2.45, 2.75) is 17.3 Å². The van der Waals surface area contributed by atoms with E-state index in [1.54, 1.807) is 12.4 Å². The topological polar surface area (TPSA) is 50.7 Å². The van der Waals surface area contributed by atoms with E-state index in [2.05, 4.69) is 9.97 Å². The molecule has 0 aliphatic heterocycles. The number of aromatic nitrogens is 3. The Morgan fingerprint density at radius 3 is 2.95 bits per heavy atom. The molecule has 3 aromatic rings. The standard InChI is InChI=1S/C15H15N3OS/c1-10(20-15-16-7-8-18(15)2)14(19)12-9-17-13-6-4-3-5-11(12)13/h3-10,17H,1-2H3/t10-/m1/s1. The number of Topliss-reactive ketones (excluding diaryl/α,β-unsaturated/α-hetero) is 1. The van der Waals surface area contributed by atoms with E-state index < -0.39 is 0 Å². The van der Waals surface area contributed by atoms with Gasteiger partial charge in [0.1, 0.15) is 0 Å². The molecule has 0 radical (unpaired) electrons. The molecule has 5 heteroatoms. The summed E-state index contributed by atoms with van der Waals surface area (Å²) in [4.78, 5) is 20.0. The lowest BCUT2D eigenvalue weighted by atomic mass is 10.1. The number of carbonyl (C=O) groups is 1. The van der Waals surface area contributed by atoms with E-state index in [1.165, 1.54) is 11.8 Å². The fraction of sp³-hybridized carbons (Fsp3) is 0.200. The molecule has 1 atom stereocenters. The summed E-state index contributed by atoms with van der Waals surface area (Å²) in [6.07, 6.45) is 5.42. The summed E-state index contributed by atoms with van der Waals surface area (Å²) >= 11 is 1.48. The predicted molar refractivity (Wildman–Crippen MR) is 81.2 cm³/mol. The largest absolute Gasteiger partial charge is 0.360 e. The van der Waals surface area contributed by atoms with Gasteiger partial charge in [-0.3, -0.25) is 4.79 Å². The third-order valence-corrected chi connectivity index (χ3v) is 4.45. The number of imidazole rings is 1. The number of nitrogens with zero attached hydrogens (tertiary/aromatic N) is 2. The summed E-state index contributed by atoms with van der Waals surface area (Å²) in [5.74, 6) is 0.121. The molecule has 0 unspecified atom stereocenters. The lowest BCUT2D eigenvalue weighted by Gasteiger charge is -2.09. The van der Waals surface area contributed by atoms with Gasteiger partial charge in [-0.05, 0) is 13.0 Å². The Bertz CT molecular complexity index is 759. The van der Waals surface area contributed by atoms with Gasteiger partial charge in [-0.25, -0.2) is 4.98 Å². The van der Waals surface area contributed by atoms with Crippen molar-refractivity contribution in [1.82, 2.24) is 14.5 Å². The molecule has 2 heterocycles. The summed E-state index contributed by atoms with van der Waals surface area (Å²) < 4.78 is 1.92. The highest BCUT2D eigenvalue weighted by molar-refractivity contribution is 8.00. The van der Waals surface area contributed by atoms with Crippen LogP contribution < -0.4 is 0 Å². The SMILES string of the molecule is C[C@@H](Sc1nccn1C)C(=O)c1c[nH]c2ccccc12. The molecule has 0 aliphatic carbocycles. The number of nitrogens with one attached hydrogen (secondary N) is 1. The van der Waals surface area contributed by atoms with Crippen LogP contribution in [0.1, 0.15) is 17.3 Å². The zero-order valence-electron chi connectivity index (χ0n) is 11.3. The molecular formula is C15H15N3OS. The summed E-state index contributed by atoms with van der Waals surface area (Å²) in [5.41, 5.74) is 1.74. The quantitative estimate of drug-likeness (QED) is 0.591. The average Bonchev–Trinajstić information content (AvgIpc) is 3.05. The van der Waals surface area contributed by atoms with E-state index in [4.69, 9.17) is 0 Å². The summed E-state index contributed by atoms with van der Waals surface area (Å²) in [5, 5.41) is 1.66. The molecule has 0 amide bonds. The Labute approximate surface area is 121 Å². The van der Waals surface area contributed by atoms with Crippen LogP contribution in [0.25, 0.3) is 10.9 Å². The first kappa shape index (κ1) is 13.0. The van der Waals surface area contributed by atoms with Crippen molar-refractivity contribution in [2.75, 3.05) is 0 Å². The van der Waals surface area contributed by atoms with Crippen LogP contribution in [0.2, 0.25) is 0 Å². The molecule has 2 aromatic heterocycles. The third kappa shape index (κ3) is 2.25. The van der Waals surface area contributed by atoms with Crippen LogP contribution in [0.3, 0.4) is 0 Å². The number of thioether (sulfide) groups is 1. The minimum atomic E-state index is -0.171. The second-order valence-corrected chi connectivity index (χ2v) is 6.00. The Morgan fingerprint density at radius 2 is 2.20 bits per heavy atom. The van der Waals surface area contributed by atoms with Crippen molar-refractivity contribution in [1.29, 1.82) is 0 Å². The van der Waals surface area contributed by atoms with Gasteiger partial charge >= 0.3 is 0 Å². The maximum absolute atomic E-state index is 12.6. The molecule has 3 rings (SSSR count). The molecule has 0 bridgehead atoms. The second-order valence-electron chi connectivity index (χ2n) is 4.69. The van der Waals surface area contributed by atoms with E-state index in [0.717, 1.165) is 21.6 Å². The Kier molecular flexibility index (Phi) is 3.36. The fourth-order valence-corrected chi connectivity index (χ4v) is 3.07. The first-order chi connectivity index (χ1) is 9.66. The maximum Gasteiger partial charge on any atom is 0.178 e. The number of H-pyrrole nitrogens is 1. The molecule has 20 heavy (non-hydrogen) atoms. The van der Waals surface area contributed by atoms with Gasteiger partial charge in [-0.2, -0.15) is 0 Å². The predicted octanol–water partition coefficient (Wildman–Crippen LogP) is 3.26. The Hall–Kier alpha value is -2.01. The zero-order chi connectivity index (χ0) is 14.1. The van der Waals surface area contributed by atoms with Gasteiger partial charge in [0.25, 0.3) is 0 Å². The monoisotopic (exact) mass is 285 g/mol. The number of rotatable bonds is 4. The van der Waals surface area contributed by atoms with Crippen LogP contribution in [0.15, 0.2) is 48.0 Å². The highest BCUT2D eigenvalue weighted by Crippen LogP contribution is 2.26. The smallest absolute Gasteiger partial charge is 0.178 e. The van der Waals surface area contributed by atoms with E-state index in [-0.39, 0.29) is 11.0 Å². The normalized spacial score (nSPS) is 12.7. The van der Waals surface area contributed by atoms with Gasteiger partial charge < -0.3 is 9.55 Å². The molecule has 0 fully saturated rings. The average molecular weight is 285 g/mol. The molecule has 4 nitrogen and oxygen atoms in total. The first-order valence-corrected chi connectivity index (χ1v) is 7.29.